The first kappa shape index (κ1) is 24.0. The maximum atomic E-state index is 13.3. The van der Waals surface area contributed by atoms with Crippen LogP contribution in [-0.2, 0) is 12.8 Å². The van der Waals surface area contributed by atoms with Crippen molar-refractivity contribution >= 4 is 17.1 Å². The fraction of sp³-hybridized carbons (Fsp3) is 0.0690. The first-order valence-electron chi connectivity index (χ1n) is 11.4. The lowest BCUT2D eigenvalue weighted by molar-refractivity contribution is -0.137. The molecule has 5 aromatic rings. The van der Waals surface area contributed by atoms with Gasteiger partial charge in [0, 0.05) is 5.56 Å². The molecule has 37 heavy (non-hydrogen) atoms. The van der Waals surface area contributed by atoms with Crippen molar-refractivity contribution in [3.05, 3.63) is 130 Å². The first-order chi connectivity index (χ1) is 17.9. The molecule has 0 saturated carbocycles. The molecule has 0 aliphatic carbocycles. The number of nitrogens with zero attached hydrogens (tertiary/aromatic N) is 3. The van der Waals surface area contributed by atoms with Crippen LogP contribution in [0.3, 0.4) is 0 Å². The number of ether oxygens (including phenoxy) is 1. The number of alkyl halides is 3. The number of aromatic nitrogens is 2. The fourth-order valence-corrected chi connectivity index (χ4v) is 3.77. The van der Waals surface area contributed by atoms with Gasteiger partial charge < -0.3 is 4.74 Å². The van der Waals surface area contributed by atoms with Crippen LogP contribution in [-0.4, -0.2) is 15.9 Å². The quantitative estimate of drug-likeness (QED) is 0.249. The minimum absolute atomic E-state index is 0.00821. The standard InChI is InChI=1S/C29H20F3N3O2/c30-29(31,32)23-10-6-9-22(17-23)27-34-26-12-5-4-11-25(26)28(36)35(27)33-18-20-13-15-24(16-14-20)37-19-21-7-2-1-3-8-21/h1-18H,19H2. The summed E-state index contributed by atoms with van der Waals surface area (Å²) in [7, 11) is 0. The van der Waals surface area contributed by atoms with Crippen LogP contribution in [0.1, 0.15) is 16.7 Å². The van der Waals surface area contributed by atoms with E-state index in [9.17, 15) is 18.0 Å². The van der Waals surface area contributed by atoms with Crippen LogP contribution in [0.2, 0.25) is 0 Å². The van der Waals surface area contributed by atoms with E-state index in [1.807, 2.05) is 30.3 Å². The molecule has 0 unspecified atom stereocenters. The summed E-state index contributed by atoms with van der Waals surface area (Å²) in [5.74, 6) is 0.670. The van der Waals surface area contributed by atoms with Crippen molar-refractivity contribution in [1.29, 1.82) is 0 Å². The molecular weight excluding hydrogens is 479 g/mol. The van der Waals surface area contributed by atoms with E-state index in [-0.39, 0.29) is 11.4 Å². The molecule has 0 spiro atoms. The number of benzene rings is 4. The Balaban J connectivity index is 1.48. The van der Waals surface area contributed by atoms with Crippen LogP contribution >= 0.6 is 0 Å². The molecule has 0 aliphatic rings. The van der Waals surface area contributed by atoms with Crippen LogP contribution in [0.4, 0.5) is 13.2 Å². The second-order valence-corrected chi connectivity index (χ2v) is 8.24. The molecule has 0 radical (unpaired) electrons. The lowest BCUT2D eigenvalue weighted by Gasteiger charge is -2.12. The number of para-hydroxylation sites is 1. The van der Waals surface area contributed by atoms with Gasteiger partial charge in [0.05, 0.1) is 22.7 Å². The van der Waals surface area contributed by atoms with Gasteiger partial charge in [0.15, 0.2) is 5.82 Å². The molecule has 0 N–H and O–H groups in total. The molecule has 0 fully saturated rings. The summed E-state index contributed by atoms with van der Waals surface area (Å²) in [5.41, 5.74) is 0.873. The van der Waals surface area contributed by atoms with Gasteiger partial charge in [-0.2, -0.15) is 22.9 Å². The van der Waals surface area contributed by atoms with E-state index in [0.717, 1.165) is 22.4 Å². The predicted molar refractivity (Wildman–Crippen MR) is 137 cm³/mol. The summed E-state index contributed by atoms with van der Waals surface area (Å²) in [5, 5.41) is 4.62. The Labute approximate surface area is 210 Å². The Morgan fingerprint density at radius 3 is 2.35 bits per heavy atom. The van der Waals surface area contributed by atoms with E-state index >= 15 is 0 Å². The number of fused-ring (bicyclic) bond motifs is 1. The Morgan fingerprint density at radius 1 is 0.865 bits per heavy atom. The molecule has 0 aliphatic heterocycles. The Morgan fingerprint density at radius 2 is 1.59 bits per heavy atom. The molecule has 0 atom stereocenters. The maximum Gasteiger partial charge on any atom is 0.416 e. The monoisotopic (exact) mass is 499 g/mol. The smallest absolute Gasteiger partial charge is 0.416 e. The molecule has 184 valence electrons. The molecule has 1 heterocycles. The third kappa shape index (κ3) is 5.43. The highest BCUT2D eigenvalue weighted by molar-refractivity contribution is 5.82. The average Bonchev–Trinajstić information content (AvgIpc) is 2.92. The second kappa shape index (κ2) is 10.1. The van der Waals surface area contributed by atoms with Crippen LogP contribution in [0.25, 0.3) is 22.3 Å². The normalized spacial score (nSPS) is 11.8. The molecule has 4 aromatic carbocycles. The zero-order chi connectivity index (χ0) is 25.8. The van der Waals surface area contributed by atoms with Crippen molar-refractivity contribution in [3.63, 3.8) is 0 Å². The van der Waals surface area contributed by atoms with E-state index in [1.165, 1.54) is 18.3 Å². The van der Waals surface area contributed by atoms with Gasteiger partial charge in [-0.15, -0.1) is 0 Å². The van der Waals surface area contributed by atoms with Crippen molar-refractivity contribution in [2.24, 2.45) is 5.10 Å². The lowest BCUT2D eigenvalue weighted by Crippen LogP contribution is -2.20. The minimum atomic E-state index is -4.54. The van der Waals surface area contributed by atoms with Gasteiger partial charge in [-0.1, -0.05) is 54.6 Å². The molecule has 8 heteroatoms. The summed E-state index contributed by atoms with van der Waals surface area (Å²) < 4.78 is 46.8. The van der Waals surface area contributed by atoms with Crippen molar-refractivity contribution in [2.75, 3.05) is 0 Å². The van der Waals surface area contributed by atoms with Gasteiger partial charge in [-0.05, 0) is 59.7 Å². The van der Waals surface area contributed by atoms with Crippen LogP contribution in [0, 0.1) is 0 Å². The highest BCUT2D eigenvalue weighted by Gasteiger charge is 2.30. The van der Waals surface area contributed by atoms with E-state index in [1.54, 1.807) is 48.5 Å². The fourth-order valence-electron chi connectivity index (χ4n) is 3.77. The summed E-state index contributed by atoms with van der Waals surface area (Å²) >= 11 is 0. The average molecular weight is 499 g/mol. The number of hydrogen-bond donors (Lipinski definition) is 0. The van der Waals surface area contributed by atoms with E-state index in [0.29, 0.717) is 28.8 Å². The predicted octanol–water partition coefficient (Wildman–Crippen LogP) is 6.54. The van der Waals surface area contributed by atoms with Crippen LogP contribution < -0.4 is 10.3 Å². The second-order valence-electron chi connectivity index (χ2n) is 8.24. The third-order valence-corrected chi connectivity index (χ3v) is 5.65. The summed E-state index contributed by atoms with van der Waals surface area (Å²) in [6.07, 6.45) is -3.08. The summed E-state index contributed by atoms with van der Waals surface area (Å²) in [6, 6.07) is 28.2. The topological polar surface area (TPSA) is 56.5 Å². The molecule has 0 saturated heterocycles. The minimum Gasteiger partial charge on any atom is -0.489 e. The van der Waals surface area contributed by atoms with Gasteiger partial charge in [0.2, 0.25) is 0 Å². The van der Waals surface area contributed by atoms with Crippen LogP contribution in [0.15, 0.2) is 113 Å². The van der Waals surface area contributed by atoms with Crippen molar-refractivity contribution in [2.45, 2.75) is 12.8 Å². The molecular formula is C29H20F3N3O2. The summed E-state index contributed by atoms with van der Waals surface area (Å²) in [4.78, 5) is 17.7. The van der Waals surface area contributed by atoms with Crippen molar-refractivity contribution in [3.8, 4) is 17.1 Å². The molecule has 0 bridgehead atoms. The first-order valence-corrected chi connectivity index (χ1v) is 11.4. The third-order valence-electron chi connectivity index (χ3n) is 5.65. The lowest BCUT2D eigenvalue weighted by atomic mass is 10.1. The zero-order valence-electron chi connectivity index (χ0n) is 19.4. The largest absolute Gasteiger partial charge is 0.489 e. The van der Waals surface area contributed by atoms with Crippen molar-refractivity contribution < 1.29 is 17.9 Å². The van der Waals surface area contributed by atoms with Gasteiger partial charge >= 0.3 is 6.18 Å². The number of rotatable bonds is 6. The van der Waals surface area contributed by atoms with Gasteiger partial charge in [-0.25, -0.2) is 4.98 Å². The number of halogens is 3. The van der Waals surface area contributed by atoms with Crippen molar-refractivity contribution in [1.82, 2.24) is 9.66 Å². The maximum absolute atomic E-state index is 13.3. The van der Waals surface area contributed by atoms with Gasteiger partial charge in [-0.3, -0.25) is 4.79 Å². The van der Waals surface area contributed by atoms with E-state index in [2.05, 4.69) is 10.1 Å². The SMILES string of the molecule is O=c1c2ccccc2nc(-c2cccc(C(F)(F)F)c2)n1N=Cc1ccc(OCc2ccccc2)cc1. The number of hydrogen-bond acceptors (Lipinski definition) is 4. The molecule has 0 amide bonds. The highest BCUT2D eigenvalue weighted by Crippen LogP contribution is 2.32. The molecule has 1 aromatic heterocycles. The van der Waals surface area contributed by atoms with E-state index in [4.69, 9.17) is 4.74 Å². The summed E-state index contributed by atoms with van der Waals surface area (Å²) in [6.45, 7) is 0.423. The Hall–Kier alpha value is -4.72. The van der Waals surface area contributed by atoms with Gasteiger partial charge in [0.1, 0.15) is 12.4 Å². The van der Waals surface area contributed by atoms with Crippen LogP contribution in [0.5, 0.6) is 5.75 Å². The highest BCUT2D eigenvalue weighted by atomic mass is 19.4. The zero-order valence-corrected chi connectivity index (χ0v) is 19.4. The van der Waals surface area contributed by atoms with Gasteiger partial charge in [0.25, 0.3) is 5.56 Å². The Kier molecular flexibility index (Phi) is 6.55. The molecule has 5 nitrogen and oxygen atoms in total. The Bertz CT molecular complexity index is 1630. The van der Waals surface area contributed by atoms with E-state index < -0.39 is 17.3 Å². The molecule has 5 rings (SSSR count).